The molecule has 1 saturated heterocycles. The van der Waals surface area contributed by atoms with Gasteiger partial charge in [0, 0.05) is 54.9 Å². The van der Waals surface area contributed by atoms with Gasteiger partial charge in [0.2, 0.25) is 5.95 Å². The molecule has 0 spiro atoms. The molecule has 1 aliphatic rings. The fourth-order valence-electron chi connectivity index (χ4n) is 4.46. The van der Waals surface area contributed by atoms with Gasteiger partial charge in [0.05, 0.1) is 6.61 Å². The minimum atomic E-state index is -2.84. The summed E-state index contributed by atoms with van der Waals surface area (Å²) >= 11 is 0. The zero-order valence-corrected chi connectivity index (χ0v) is 19.9. The van der Waals surface area contributed by atoms with Crippen molar-refractivity contribution < 1.29 is 12.6 Å². The summed E-state index contributed by atoms with van der Waals surface area (Å²) in [4.78, 5) is 16.1. The molecule has 8 nitrogen and oxygen atoms in total. The maximum atomic E-state index is 10.6. The molecule has 0 bridgehead atoms. The molecule has 0 N–H and O–H groups in total. The summed E-state index contributed by atoms with van der Waals surface area (Å²) in [5, 5.41) is 1.11. The maximum absolute atomic E-state index is 10.6. The molecule has 9 heteroatoms. The van der Waals surface area contributed by atoms with Gasteiger partial charge in [0.1, 0.15) is 5.65 Å². The van der Waals surface area contributed by atoms with Crippen LogP contribution in [-0.4, -0.2) is 41.0 Å². The van der Waals surface area contributed by atoms with E-state index in [-0.39, 0.29) is 6.61 Å². The Kier molecular flexibility index (Phi) is 6.55. The lowest BCUT2D eigenvalue weighted by Gasteiger charge is -2.33. The molecule has 1 fully saturated rings. The molecule has 1 aromatic carbocycles. The highest BCUT2D eigenvalue weighted by Gasteiger charge is 2.23. The van der Waals surface area contributed by atoms with Crippen molar-refractivity contribution in [3.05, 3.63) is 72.3 Å². The summed E-state index contributed by atoms with van der Waals surface area (Å²) in [5.41, 5.74) is 5.01. The van der Waals surface area contributed by atoms with Gasteiger partial charge in [-0.2, -0.15) is 0 Å². The van der Waals surface area contributed by atoms with Crippen molar-refractivity contribution in [1.29, 1.82) is 0 Å². The van der Waals surface area contributed by atoms with Crippen molar-refractivity contribution in [1.82, 2.24) is 19.5 Å². The van der Waals surface area contributed by atoms with Gasteiger partial charge < -0.3 is 9.47 Å². The molecule has 34 heavy (non-hydrogen) atoms. The van der Waals surface area contributed by atoms with Crippen LogP contribution in [0.15, 0.2) is 61.2 Å². The Balaban J connectivity index is 1.27. The fraction of sp³-hybridized carbons (Fsp3) is 0.320. The van der Waals surface area contributed by atoms with Crippen molar-refractivity contribution >= 4 is 28.0 Å². The van der Waals surface area contributed by atoms with Gasteiger partial charge in [0.15, 0.2) is 0 Å². The first-order chi connectivity index (χ1) is 16.6. The van der Waals surface area contributed by atoms with Crippen LogP contribution in [0.4, 0.5) is 5.95 Å². The van der Waals surface area contributed by atoms with Gasteiger partial charge in [-0.25, -0.2) is 23.4 Å². The summed E-state index contributed by atoms with van der Waals surface area (Å²) in [6.07, 6.45) is 10.9. The van der Waals surface area contributed by atoms with E-state index in [4.69, 9.17) is 4.98 Å². The third-order valence-electron chi connectivity index (χ3n) is 6.42. The van der Waals surface area contributed by atoms with Crippen LogP contribution in [0.25, 0.3) is 22.2 Å². The third-order valence-corrected chi connectivity index (χ3v) is 6.76. The van der Waals surface area contributed by atoms with E-state index in [0.29, 0.717) is 6.04 Å². The molecule has 1 aliphatic heterocycles. The number of hydrogen-bond acceptors (Lipinski definition) is 7. The number of pyridine rings is 1. The number of hydrogen-bond donors (Lipinski definition) is 1. The first-order valence-electron chi connectivity index (χ1n) is 11.5. The zero-order chi connectivity index (χ0) is 23.5. The Bertz CT molecular complexity index is 1330. The Morgan fingerprint density at radius 2 is 1.68 bits per heavy atom. The van der Waals surface area contributed by atoms with E-state index in [0.717, 1.165) is 71.6 Å². The van der Waals surface area contributed by atoms with Crippen molar-refractivity contribution in [3.8, 4) is 11.1 Å². The van der Waals surface area contributed by atoms with Crippen molar-refractivity contribution in [2.75, 3.05) is 18.0 Å². The van der Waals surface area contributed by atoms with E-state index in [1.165, 1.54) is 0 Å². The molecule has 4 heterocycles. The molecular formula is C25H27N5O3S. The number of anilines is 1. The van der Waals surface area contributed by atoms with Crippen LogP contribution in [0.3, 0.4) is 0 Å². The summed E-state index contributed by atoms with van der Waals surface area (Å²) in [7, 11) is -2.84. The maximum Gasteiger partial charge on any atom is 0.257 e. The summed E-state index contributed by atoms with van der Waals surface area (Å²) < 4.78 is 28.2. The molecule has 0 aliphatic carbocycles. The van der Waals surface area contributed by atoms with E-state index < -0.39 is 11.0 Å². The van der Waals surface area contributed by atoms with E-state index in [9.17, 15) is 8.42 Å². The quantitative estimate of drug-likeness (QED) is 0.403. The number of benzene rings is 1. The Hall–Kier alpha value is -3.30. The SMILES string of the molecule is CCc1cnc(N2CCC(n3ccc4cc(-c5ccc(CO[SH](=O)=O)cc5)cnc43)CC2)nc1. The second-order valence-corrected chi connectivity index (χ2v) is 9.22. The lowest BCUT2D eigenvalue weighted by Crippen LogP contribution is -2.35. The standard InChI is InChI=1S/C25H27N5O3S/c1-2-18-14-27-25(28-15-18)29-10-8-23(9-11-29)30-12-7-21-13-22(16-26-24(21)30)20-5-3-19(4-6-20)17-33-34(31)32/h3-7,12-16,23,34H,2,8-11,17H2,1H3. The average molecular weight is 478 g/mol. The van der Waals surface area contributed by atoms with Gasteiger partial charge in [-0.15, -0.1) is 0 Å². The van der Waals surface area contributed by atoms with Crippen LogP contribution in [0, 0.1) is 0 Å². The zero-order valence-electron chi connectivity index (χ0n) is 19.0. The van der Waals surface area contributed by atoms with E-state index in [1.807, 2.05) is 42.9 Å². The highest BCUT2D eigenvalue weighted by Crippen LogP contribution is 2.30. The fourth-order valence-corrected chi connectivity index (χ4v) is 4.71. The molecule has 0 saturated carbocycles. The van der Waals surface area contributed by atoms with Crippen LogP contribution in [-0.2, 0) is 28.2 Å². The molecule has 0 amide bonds. The summed E-state index contributed by atoms with van der Waals surface area (Å²) in [5.74, 6) is 0.815. The van der Waals surface area contributed by atoms with Gasteiger partial charge >= 0.3 is 0 Å². The predicted molar refractivity (Wildman–Crippen MR) is 132 cm³/mol. The number of aromatic nitrogens is 4. The lowest BCUT2D eigenvalue weighted by molar-refractivity contribution is 0.323. The number of rotatable bonds is 7. The van der Waals surface area contributed by atoms with E-state index in [1.54, 1.807) is 0 Å². The smallest absolute Gasteiger partial charge is 0.257 e. The molecule has 176 valence electrons. The Morgan fingerprint density at radius 1 is 0.941 bits per heavy atom. The normalized spacial score (nSPS) is 14.8. The molecule has 4 aromatic rings. The van der Waals surface area contributed by atoms with E-state index >= 15 is 0 Å². The van der Waals surface area contributed by atoms with Crippen molar-refractivity contribution in [3.63, 3.8) is 0 Å². The Labute approximate surface area is 200 Å². The van der Waals surface area contributed by atoms with E-state index in [2.05, 4.69) is 48.9 Å². The highest BCUT2D eigenvalue weighted by atomic mass is 32.2. The van der Waals surface area contributed by atoms with Gasteiger partial charge in [-0.1, -0.05) is 31.2 Å². The van der Waals surface area contributed by atoms with Crippen LogP contribution >= 0.6 is 0 Å². The number of thiol groups is 1. The van der Waals surface area contributed by atoms with Gasteiger partial charge in [0.25, 0.3) is 11.0 Å². The molecule has 3 aromatic heterocycles. The minimum Gasteiger partial charge on any atom is -0.341 e. The molecular weight excluding hydrogens is 450 g/mol. The summed E-state index contributed by atoms with van der Waals surface area (Å²) in [6, 6.07) is 12.3. The first kappa shape index (κ1) is 22.5. The third kappa shape index (κ3) is 4.80. The predicted octanol–water partition coefficient (Wildman–Crippen LogP) is 3.94. The highest BCUT2D eigenvalue weighted by molar-refractivity contribution is 7.67. The van der Waals surface area contributed by atoms with Crippen molar-refractivity contribution in [2.24, 2.45) is 0 Å². The van der Waals surface area contributed by atoms with Crippen LogP contribution in [0.2, 0.25) is 0 Å². The minimum absolute atomic E-state index is 0.0497. The summed E-state index contributed by atoms with van der Waals surface area (Å²) in [6.45, 7) is 4.00. The topological polar surface area (TPSA) is 90.2 Å². The Morgan fingerprint density at radius 3 is 2.35 bits per heavy atom. The number of piperidine rings is 1. The number of nitrogens with zero attached hydrogens (tertiary/aromatic N) is 5. The molecule has 0 radical (unpaired) electrons. The van der Waals surface area contributed by atoms with Crippen LogP contribution in [0.5, 0.6) is 0 Å². The van der Waals surface area contributed by atoms with Gasteiger partial charge in [-0.05, 0) is 48.1 Å². The van der Waals surface area contributed by atoms with Crippen molar-refractivity contribution in [2.45, 2.75) is 38.8 Å². The monoisotopic (exact) mass is 477 g/mol. The number of aryl methyl sites for hydroxylation is 1. The molecule has 0 atom stereocenters. The molecule has 0 unspecified atom stereocenters. The first-order valence-corrected chi connectivity index (χ1v) is 12.6. The second-order valence-electron chi connectivity index (χ2n) is 8.52. The number of fused-ring (bicyclic) bond motifs is 1. The van der Waals surface area contributed by atoms with Crippen LogP contribution in [0.1, 0.15) is 36.9 Å². The second kappa shape index (κ2) is 9.90. The lowest BCUT2D eigenvalue weighted by atomic mass is 10.0. The largest absolute Gasteiger partial charge is 0.341 e. The average Bonchev–Trinajstić information content (AvgIpc) is 3.31. The molecule has 5 rings (SSSR count). The van der Waals surface area contributed by atoms with Crippen LogP contribution < -0.4 is 4.90 Å². The van der Waals surface area contributed by atoms with Gasteiger partial charge in [-0.3, -0.25) is 4.18 Å².